The zero-order valence-electron chi connectivity index (χ0n) is 12.3. The molecule has 0 aromatic heterocycles. The Hall–Kier alpha value is -2.27. The zero-order valence-corrected chi connectivity index (χ0v) is 13.1. The lowest BCUT2D eigenvalue weighted by Crippen LogP contribution is -2.38. The van der Waals surface area contributed by atoms with E-state index in [4.69, 9.17) is 0 Å². The predicted octanol–water partition coefficient (Wildman–Crippen LogP) is 4.22. The molecule has 2 aromatic carbocycles. The van der Waals surface area contributed by atoms with Gasteiger partial charge in [0, 0.05) is 10.9 Å². The van der Waals surface area contributed by atoms with Crippen molar-refractivity contribution in [2.45, 2.75) is 12.2 Å². The number of carbonyl (C=O) groups excluding carboxylic acids is 1. The van der Waals surface area contributed by atoms with Gasteiger partial charge in [-0.2, -0.15) is 0 Å². The number of thioether (sulfide) groups is 1. The lowest BCUT2D eigenvalue weighted by molar-refractivity contribution is 0.259. The SMILES string of the molecule is C[C@@H]1CN=C(N(C(=O)Nc2ccccc2)c2ccccc2)S1. The van der Waals surface area contributed by atoms with E-state index >= 15 is 0 Å². The fourth-order valence-electron chi connectivity index (χ4n) is 2.18. The summed E-state index contributed by atoms with van der Waals surface area (Å²) >= 11 is 1.62. The summed E-state index contributed by atoms with van der Waals surface area (Å²) in [6.07, 6.45) is 0. The molecular formula is C17H17N3OS. The van der Waals surface area contributed by atoms with E-state index in [1.165, 1.54) is 0 Å². The fraction of sp³-hybridized carbons (Fsp3) is 0.176. The minimum absolute atomic E-state index is 0.197. The van der Waals surface area contributed by atoms with Gasteiger partial charge in [0.1, 0.15) is 0 Å². The number of aliphatic imine (C=N–C) groups is 1. The maximum atomic E-state index is 12.7. The molecule has 112 valence electrons. The van der Waals surface area contributed by atoms with Crippen LogP contribution in [-0.4, -0.2) is 23.0 Å². The van der Waals surface area contributed by atoms with Crippen LogP contribution in [0, 0.1) is 0 Å². The van der Waals surface area contributed by atoms with E-state index in [9.17, 15) is 4.79 Å². The molecule has 0 bridgehead atoms. The number of rotatable bonds is 2. The van der Waals surface area contributed by atoms with Gasteiger partial charge in [-0.15, -0.1) is 0 Å². The van der Waals surface area contributed by atoms with Crippen molar-refractivity contribution in [3.8, 4) is 0 Å². The number of anilines is 2. The number of nitrogens with one attached hydrogen (secondary N) is 1. The highest BCUT2D eigenvalue weighted by Crippen LogP contribution is 2.27. The van der Waals surface area contributed by atoms with Crippen LogP contribution in [-0.2, 0) is 0 Å². The van der Waals surface area contributed by atoms with Crippen molar-refractivity contribution in [2.24, 2.45) is 4.99 Å². The number of carbonyl (C=O) groups is 1. The van der Waals surface area contributed by atoms with Crippen LogP contribution in [0.3, 0.4) is 0 Å². The number of hydrogen-bond acceptors (Lipinski definition) is 3. The smallest absolute Gasteiger partial charge is 0.307 e. The first-order chi connectivity index (χ1) is 10.7. The predicted molar refractivity (Wildman–Crippen MR) is 93.7 cm³/mol. The standard InChI is InChI=1S/C17H17N3OS/c1-13-12-18-17(22-13)20(15-10-6-3-7-11-15)16(21)19-14-8-4-2-5-9-14/h2-11,13H,12H2,1H3,(H,19,21)/t13-/m1/s1. The molecule has 0 fully saturated rings. The number of benzene rings is 2. The molecule has 1 heterocycles. The third kappa shape index (κ3) is 3.31. The van der Waals surface area contributed by atoms with E-state index in [-0.39, 0.29) is 6.03 Å². The molecule has 22 heavy (non-hydrogen) atoms. The summed E-state index contributed by atoms with van der Waals surface area (Å²) in [4.78, 5) is 18.9. The fourth-order valence-corrected chi connectivity index (χ4v) is 3.13. The minimum atomic E-state index is -0.197. The van der Waals surface area contributed by atoms with Gasteiger partial charge in [-0.25, -0.2) is 9.69 Å². The van der Waals surface area contributed by atoms with Crippen LogP contribution in [0.2, 0.25) is 0 Å². The molecule has 4 nitrogen and oxygen atoms in total. The highest BCUT2D eigenvalue weighted by atomic mass is 32.2. The molecule has 0 radical (unpaired) electrons. The molecule has 2 aromatic rings. The first kappa shape index (κ1) is 14.7. The molecular weight excluding hydrogens is 294 g/mol. The number of urea groups is 1. The summed E-state index contributed by atoms with van der Waals surface area (Å²) in [6.45, 7) is 2.85. The molecule has 5 heteroatoms. The van der Waals surface area contributed by atoms with Crippen molar-refractivity contribution in [1.29, 1.82) is 0 Å². The van der Waals surface area contributed by atoms with Gasteiger partial charge >= 0.3 is 6.03 Å². The third-order valence-corrected chi connectivity index (χ3v) is 4.30. The van der Waals surface area contributed by atoms with Gasteiger partial charge in [0.15, 0.2) is 5.17 Å². The molecule has 1 aliphatic heterocycles. The molecule has 0 aliphatic carbocycles. The summed E-state index contributed by atoms with van der Waals surface area (Å²) in [6, 6.07) is 18.8. The van der Waals surface area contributed by atoms with E-state index in [0.717, 1.165) is 23.1 Å². The van der Waals surface area contributed by atoms with Crippen LogP contribution in [0.15, 0.2) is 65.7 Å². The second kappa shape index (κ2) is 6.66. The highest BCUT2D eigenvalue weighted by molar-refractivity contribution is 8.15. The molecule has 1 atom stereocenters. The van der Waals surface area contributed by atoms with Gasteiger partial charge in [0.2, 0.25) is 0 Å². The average Bonchev–Trinajstić information content (AvgIpc) is 2.95. The largest absolute Gasteiger partial charge is 0.332 e. The van der Waals surface area contributed by atoms with Crippen molar-refractivity contribution in [1.82, 2.24) is 0 Å². The summed E-state index contributed by atoms with van der Waals surface area (Å²) in [5, 5.41) is 4.06. The molecule has 0 saturated heterocycles. The molecule has 1 N–H and O–H groups in total. The first-order valence-electron chi connectivity index (χ1n) is 7.16. The van der Waals surface area contributed by atoms with Crippen molar-refractivity contribution in [3.63, 3.8) is 0 Å². The van der Waals surface area contributed by atoms with Crippen LogP contribution >= 0.6 is 11.8 Å². The Bertz CT molecular complexity index is 673. The van der Waals surface area contributed by atoms with Gasteiger partial charge in [-0.3, -0.25) is 4.99 Å². The Kier molecular flexibility index (Phi) is 4.44. The lowest BCUT2D eigenvalue weighted by Gasteiger charge is -2.22. The molecule has 0 unspecified atom stereocenters. The average molecular weight is 311 g/mol. The first-order valence-corrected chi connectivity index (χ1v) is 8.04. The van der Waals surface area contributed by atoms with Crippen LogP contribution in [0.5, 0.6) is 0 Å². The van der Waals surface area contributed by atoms with E-state index < -0.39 is 0 Å². The lowest BCUT2D eigenvalue weighted by atomic mass is 10.3. The van der Waals surface area contributed by atoms with Crippen LogP contribution in [0.1, 0.15) is 6.92 Å². The van der Waals surface area contributed by atoms with Gasteiger partial charge in [0.05, 0.1) is 12.2 Å². The number of para-hydroxylation sites is 2. The Balaban J connectivity index is 1.87. The molecule has 0 spiro atoms. The van der Waals surface area contributed by atoms with Crippen molar-refractivity contribution < 1.29 is 4.79 Å². The summed E-state index contributed by atoms with van der Waals surface area (Å²) < 4.78 is 0. The third-order valence-electron chi connectivity index (χ3n) is 3.22. The minimum Gasteiger partial charge on any atom is -0.307 e. The summed E-state index contributed by atoms with van der Waals surface area (Å²) in [7, 11) is 0. The van der Waals surface area contributed by atoms with Crippen LogP contribution < -0.4 is 10.2 Å². The Morgan fingerprint density at radius 3 is 2.36 bits per heavy atom. The van der Waals surface area contributed by atoms with Gasteiger partial charge in [-0.1, -0.05) is 55.1 Å². The Morgan fingerprint density at radius 1 is 1.14 bits per heavy atom. The number of nitrogens with zero attached hydrogens (tertiary/aromatic N) is 2. The number of hydrogen-bond donors (Lipinski definition) is 1. The van der Waals surface area contributed by atoms with Gasteiger partial charge in [0.25, 0.3) is 0 Å². The Morgan fingerprint density at radius 2 is 1.77 bits per heavy atom. The molecule has 2 amide bonds. The van der Waals surface area contributed by atoms with Crippen LogP contribution in [0.25, 0.3) is 0 Å². The van der Waals surface area contributed by atoms with Gasteiger partial charge in [-0.05, 0) is 24.3 Å². The maximum absolute atomic E-state index is 12.7. The van der Waals surface area contributed by atoms with E-state index in [1.807, 2.05) is 60.7 Å². The Labute approximate surface area is 134 Å². The number of amides is 2. The van der Waals surface area contributed by atoms with Crippen LogP contribution in [0.4, 0.5) is 16.2 Å². The van der Waals surface area contributed by atoms with E-state index in [1.54, 1.807) is 16.7 Å². The number of amidine groups is 1. The van der Waals surface area contributed by atoms with Crippen molar-refractivity contribution in [2.75, 3.05) is 16.8 Å². The monoisotopic (exact) mass is 311 g/mol. The highest BCUT2D eigenvalue weighted by Gasteiger charge is 2.27. The van der Waals surface area contributed by atoms with E-state index in [2.05, 4.69) is 17.2 Å². The normalized spacial score (nSPS) is 17.0. The summed E-state index contributed by atoms with van der Waals surface area (Å²) in [5.41, 5.74) is 1.58. The topological polar surface area (TPSA) is 44.7 Å². The maximum Gasteiger partial charge on any atom is 0.332 e. The molecule has 1 aliphatic rings. The molecule has 3 rings (SSSR count). The van der Waals surface area contributed by atoms with Crippen molar-refractivity contribution >= 4 is 34.3 Å². The quantitative estimate of drug-likeness (QED) is 0.902. The van der Waals surface area contributed by atoms with Crippen molar-refractivity contribution in [3.05, 3.63) is 60.7 Å². The molecule has 0 saturated carbocycles. The van der Waals surface area contributed by atoms with E-state index in [0.29, 0.717) is 5.25 Å². The summed E-state index contributed by atoms with van der Waals surface area (Å²) in [5.74, 6) is 0. The van der Waals surface area contributed by atoms with Gasteiger partial charge < -0.3 is 5.32 Å². The zero-order chi connectivity index (χ0) is 15.4. The second-order valence-corrected chi connectivity index (χ2v) is 6.42. The second-order valence-electron chi connectivity index (χ2n) is 5.02.